The summed E-state index contributed by atoms with van der Waals surface area (Å²) in [4.78, 5) is 0. The van der Waals surface area contributed by atoms with Gasteiger partial charge in [-0.25, -0.2) is 0 Å². The molecule has 0 aromatic heterocycles. The van der Waals surface area contributed by atoms with Crippen molar-refractivity contribution in [1.82, 2.24) is 5.32 Å². The van der Waals surface area contributed by atoms with Gasteiger partial charge in [0.2, 0.25) is 0 Å². The van der Waals surface area contributed by atoms with Gasteiger partial charge >= 0.3 is 0 Å². The zero-order valence-corrected chi connectivity index (χ0v) is 9.89. The Hall–Kier alpha value is -0.870. The maximum Gasteiger partial charge on any atom is 0.161 e. The molecule has 1 N–H and O–H groups in total. The fraction of sp³-hybridized carbons (Fsp3) is 0.500. The number of hydrogen-bond acceptors (Lipinski definition) is 4. The predicted octanol–water partition coefficient (Wildman–Crippen LogP) is 2.18. The van der Waals surface area contributed by atoms with Crippen molar-refractivity contribution in [1.29, 1.82) is 0 Å². The first-order valence-electron chi connectivity index (χ1n) is 5.68. The van der Waals surface area contributed by atoms with Crippen LogP contribution in [-0.2, 0) is 0 Å². The van der Waals surface area contributed by atoms with E-state index in [1.165, 1.54) is 17.7 Å². The zero-order chi connectivity index (χ0) is 10.8. The first-order chi connectivity index (χ1) is 7.93. The normalized spacial score (nSPS) is 24.1. The first kappa shape index (κ1) is 10.3. The minimum Gasteiger partial charge on any atom is -0.486 e. The van der Waals surface area contributed by atoms with Gasteiger partial charge in [0.1, 0.15) is 13.2 Å². The first-order valence-corrected chi connectivity index (χ1v) is 6.73. The van der Waals surface area contributed by atoms with Crippen molar-refractivity contribution in [3.8, 4) is 11.5 Å². The Labute approximate surface area is 99.5 Å². The van der Waals surface area contributed by atoms with Crippen LogP contribution in [0.15, 0.2) is 18.2 Å². The second-order valence-corrected chi connectivity index (χ2v) is 5.17. The Bertz CT molecular complexity index is 377. The highest BCUT2D eigenvalue weighted by Crippen LogP contribution is 2.36. The van der Waals surface area contributed by atoms with E-state index in [2.05, 4.69) is 17.4 Å². The molecule has 0 bridgehead atoms. The molecule has 3 rings (SSSR count). The van der Waals surface area contributed by atoms with Crippen molar-refractivity contribution in [2.75, 3.05) is 25.5 Å². The quantitative estimate of drug-likeness (QED) is 0.811. The molecule has 1 fully saturated rings. The van der Waals surface area contributed by atoms with E-state index < -0.39 is 0 Å². The summed E-state index contributed by atoms with van der Waals surface area (Å²) < 4.78 is 11.1. The Morgan fingerprint density at radius 2 is 2.06 bits per heavy atom. The van der Waals surface area contributed by atoms with Crippen LogP contribution in [0.25, 0.3) is 0 Å². The molecule has 0 spiro atoms. The fourth-order valence-electron chi connectivity index (χ4n) is 2.00. The summed E-state index contributed by atoms with van der Waals surface area (Å²) in [5.74, 6) is 2.99. The molecule has 1 unspecified atom stereocenters. The number of nitrogens with one attached hydrogen (secondary N) is 1. The molecule has 1 aromatic carbocycles. The Kier molecular flexibility index (Phi) is 2.93. The molecule has 2 aliphatic heterocycles. The maximum atomic E-state index is 5.59. The topological polar surface area (TPSA) is 30.5 Å². The summed E-state index contributed by atoms with van der Waals surface area (Å²) in [6, 6.07) is 6.24. The lowest BCUT2D eigenvalue weighted by molar-refractivity contribution is 0.171. The van der Waals surface area contributed by atoms with E-state index in [4.69, 9.17) is 9.47 Å². The van der Waals surface area contributed by atoms with Crippen LogP contribution >= 0.6 is 11.8 Å². The summed E-state index contributed by atoms with van der Waals surface area (Å²) >= 11 is 1.96. The average molecular weight is 237 g/mol. The molecule has 0 amide bonds. The van der Waals surface area contributed by atoms with Gasteiger partial charge in [0, 0.05) is 0 Å². The lowest BCUT2D eigenvalue weighted by Gasteiger charge is -2.25. The number of rotatable bonds is 1. The van der Waals surface area contributed by atoms with Crippen molar-refractivity contribution >= 4 is 11.8 Å². The van der Waals surface area contributed by atoms with Gasteiger partial charge in [-0.2, -0.15) is 0 Å². The number of benzene rings is 1. The van der Waals surface area contributed by atoms with Crippen LogP contribution in [0.1, 0.15) is 17.4 Å². The van der Waals surface area contributed by atoms with Crippen LogP contribution < -0.4 is 14.8 Å². The number of hydrogen-bond donors (Lipinski definition) is 1. The summed E-state index contributed by atoms with van der Waals surface area (Å²) in [6.07, 6.45) is 1.26. The van der Waals surface area contributed by atoms with Crippen LogP contribution in [-0.4, -0.2) is 25.5 Å². The van der Waals surface area contributed by atoms with Crippen LogP contribution in [0.2, 0.25) is 0 Å². The van der Waals surface area contributed by atoms with Crippen molar-refractivity contribution in [3.63, 3.8) is 0 Å². The van der Waals surface area contributed by atoms with E-state index in [0.29, 0.717) is 18.6 Å². The number of ether oxygens (including phenoxy) is 2. The molecule has 0 radical (unpaired) electrons. The molecule has 2 aliphatic rings. The van der Waals surface area contributed by atoms with Gasteiger partial charge in [-0.15, -0.1) is 11.8 Å². The molecule has 16 heavy (non-hydrogen) atoms. The van der Waals surface area contributed by atoms with E-state index in [1.54, 1.807) is 0 Å². The molecule has 1 saturated heterocycles. The van der Waals surface area contributed by atoms with Gasteiger partial charge in [0.25, 0.3) is 0 Å². The van der Waals surface area contributed by atoms with Gasteiger partial charge in [-0.3, -0.25) is 0 Å². The largest absolute Gasteiger partial charge is 0.486 e. The Balaban J connectivity index is 1.84. The monoisotopic (exact) mass is 237 g/mol. The van der Waals surface area contributed by atoms with Crippen molar-refractivity contribution in [2.45, 2.75) is 11.8 Å². The van der Waals surface area contributed by atoms with E-state index in [0.717, 1.165) is 18.0 Å². The minimum absolute atomic E-state index is 0.407. The third kappa shape index (κ3) is 1.99. The lowest BCUT2D eigenvalue weighted by atomic mass is 10.2. The van der Waals surface area contributed by atoms with Crippen molar-refractivity contribution < 1.29 is 9.47 Å². The molecule has 2 heterocycles. The standard InChI is InChI=1S/C12H15NO2S/c1-4-13-12(16-7-1)9-2-3-10-11(8-9)15-6-5-14-10/h2-3,8,12-13H,1,4-7H2. The highest BCUT2D eigenvalue weighted by Gasteiger charge is 2.18. The fourth-order valence-corrected chi connectivity index (χ4v) is 3.12. The van der Waals surface area contributed by atoms with E-state index in [9.17, 15) is 0 Å². The lowest BCUT2D eigenvalue weighted by Crippen LogP contribution is -2.25. The summed E-state index contributed by atoms with van der Waals surface area (Å²) in [6.45, 7) is 2.41. The summed E-state index contributed by atoms with van der Waals surface area (Å²) in [5, 5.41) is 3.92. The van der Waals surface area contributed by atoms with Gasteiger partial charge in [-0.1, -0.05) is 6.07 Å². The average Bonchev–Trinajstić information content (AvgIpc) is 2.39. The molecular weight excluding hydrogens is 222 g/mol. The van der Waals surface area contributed by atoms with E-state index in [1.807, 2.05) is 17.8 Å². The van der Waals surface area contributed by atoms with Gasteiger partial charge in [0.15, 0.2) is 11.5 Å². The summed E-state index contributed by atoms with van der Waals surface area (Å²) in [5.41, 5.74) is 1.29. The molecule has 86 valence electrons. The van der Waals surface area contributed by atoms with Crippen LogP contribution in [0.3, 0.4) is 0 Å². The second-order valence-electron chi connectivity index (χ2n) is 3.96. The third-order valence-corrected chi connectivity index (χ3v) is 4.10. The number of thioether (sulfide) groups is 1. The Morgan fingerprint density at radius 1 is 1.19 bits per heavy atom. The van der Waals surface area contributed by atoms with Crippen LogP contribution in [0.5, 0.6) is 11.5 Å². The SMILES string of the molecule is c1cc2c(cc1C1NCCCS1)OCCO2. The highest BCUT2D eigenvalue weighted by atomic mass is 32.2. The van der Waals surface area contributed by atoms with Crippen molar-refractivity contribution in [3.05, 3.63) is 23.8 Å². The summed E-state index contributed by atoms with van der Waals surface area (Å²) in [7, 11) is 0. The predicted molar refractivity (Wildman–Crippen MR) is 65.3 cm³/mol. The van der Waals surface area contributed by atoms with Gasteiger partial charge < -0.3 is 14.8 Å². The van der Waals surface area contributed by atoms with Crippen molar-refractivity contribution in [2.24, 2.45) is 0 Å². The maximum absolute atomic E-state index is 5.59. The highest BCUT2D eigenvalue weighted by molar-refractivity contribution is 7.99. The molecule has 0 aliphatic carbocycles. The van der Waals surface area contributed by atoms with Gasteiger partial charge in [0.05, 0.1) is 5.37 Å². The molecule has 1 atom stereocenters. The third-order valence-electron chi connectivity index (χ3n) is 2.80. The number of fused-ring (bicyclic) bond motifs is 1. The molecule has 4 heteroatoms. The molecular formula is C12H15NO2S. The zero-order valence-electron chi connectivity index (χ0n) is 9.07. The molecule has 3 nitrogen and oxygen atoms in total. The smallest absolute Gasteiger partial charge is 0.161 e. The second kappa shape index (κ2) is 4.55. The molecule has 0 saturated carbocycles. The Morgan fingerprint density at radius 3 is 2.88 bits per heavy atom. The van der Waals surface area contributed by atoms with E-state index in [-0.39, 0.29) is 0 Å². The van der Waals surface area contributed by atoms with Gasteiger partial charge in [-0.05, 0) is 36.4 Å². The minimum atomic E-state index is 0.407. The van der Waals surface area contributed by atoms with E-state index >= 15 is 0 Å². The molecule has 1 aromatic rings. The van der Waals surface area contributed by atoms with Crippen LogP contribution in [0.4, 0.5) is 0 Å². The van der Waals surface area contributed by atoms with Crippen LogP contribution in [0, 0.1) is 0 Å².